The van der Waals surface area contributed by atoms with E-state index in [4.69, 9.17) is 21.2 Å². The van der Waals surface area contributed by atoms with Crippen LogP contribution in [0.4, 0.5) is 17.1 Å². The van der Waals surface area contributed by atoms with E-state index in [0.717, 1.165) is 4.90 Å². The molecule has 0 saturated carbocycles. The molecule has 0 bridgehead atoms. The van der Waals surface area contributed by atoms with Crippen LogP contribution in [0.25, 0.3) is 0 Å². The largest absolute Gasteiger partial charge is 0.423 e. The zero-order chi connectivity index (χ0) is 28.7. The summed E-state index contributed by atoms with van der Waals surface area (Å²) < 4.78 is 5.48. The fraction of sp³-hybridized carbons (Fsp3) is 0.100. The molecule has 2 fully saturated rings. The molecule has 204 valence electrons. The van der Waals surface area contributed by atoms with Crippen molar-refractivity contribution in [2.75, 3.05) is 9.96 Å². The minimum Gasteiger partial charge on any atom is -0.423 e. The predicted molar refractivity (Wildman–Crippen MR) is 148 cm³/mol. The number of carbonyl (C=O) groups excluding carboxylic acids is 3. The molecule has 2 saturated heterocycles. The summed E-state index contributed by atoms with van der Waals surface area (Å²) in [6.07, 6.45) is -1.17. The number of imide groups is 1. The molecule has 0 spiro atoms. The first kappa shape index (κ1) is 26.2. The van der Waals surface area contributed by atoms with Gasteiger partial charge >= 0.3 is 5.97 Å². The number of benzene rings is 4. The predicted octanol–water partition coefficient (Wildman–Crippen LogP) is 5.52. The number of halogens is 1. The van der Waals surface area contributed by atoms with Crippen LogP contribution in [0.1, 0.15) is 22.0 Å². The first-order valence-corrected chi connectivity index (χ1v) is 12.9. The lowest BCUT2D eigenvalue weighted by molar-refractivity contribution is -0.384. The van der Waals surface area contributed by atoms with E-state index >= 15 is 0 Å². The maximum absolute atomic E-state index is 13.8. The smallest absolute Gasteiger partial charge is 0.343 e. The van der Waals surface area contributed by atoms with Crippen molar-refractivity contribution in [1.29, 1.82) is 0 Å². The molecule has 3 atom stereocenters. The molecule has 41 heavy (non-hydrogen) atoms. The van der Waals surface area contributed by atoms with E-state index in [1.54, 1.807) is 84.9 Å². The minimum atomic E-state index is -1.17. The Balaban J connectivity index is 1.35. The molecule has 2 amide bonds. The van der Waals surface area contributed by atoms with E-state index in [1.165, 1.54) is 23.3 Å². The number of fused-ring (bicyclic) bond motifs is 1. The third-order valence-electron chi connectivity index (χ3n) is 6.94. The molecular formula is C30H20ClN3O7. The molecule has 11 heteroatoms. The average molecular weight is 570 g/mol. The summed E-state index contributed by atoms with van der Waals surface area (Å²) in [6, 6.07) is 26.2. The number of hydrogen-bond donors (Lipinski definition) is 0. The number of amides is 2. The number of ether oxygens (including phenoxy) is 1. The zero-order valence-corrected chi connectivity index (χ0v) is 21.9. The highest BCUT2D eigenvalue weighted by molar-refractivity contribution is 6.31. The van der Waals surface area contributed by atoms with E-state index in [1.807, 2.05) is 0 Å². The summed E-state index contributed by atoms with van der Waals surface area (Å²) in [6.45, 7) is 0. The van der Waals surface area contributed by atoms with Gasteiger partial charge in [-0.1, -0.05) is 48.0 Å². The van der Waals surface area contributed by atoms with Gasteiger partial charge in [0.25, 0.3) is 11.6 Å². The van der Waals surface area contributed by atoms with Gasteiger partial charge < -0.3 is 4.74 Å². The Morgan fingerprint density at radius 2 is 1.56 bits per heavy atom. The standard InChI is InChI=1S/C30H20ClN3O7/c31-20-11-13-21(14-12-20)32-28(35)25-26(18-9-15-24(16-10-18)40-30(37)19-5-2-1-3-6-19)33(41-27(25)29(32)36)22-7-4-8-23(17-22)34(38)39/h1-17,25-27H/t25-,26+,27+/m0/s1. The molecular weight excluding hydrogens is 550 g/mol. The average Bonchev–Trinajstić information content (AvgIpc) is 3.50. The van der Waals surface area contributed by atoms with Crippen LogP contribution >= 0.6 is 11.6 Å². The fourth-order valence-corrected chi connectivity index (χ4v) is 5.16. The number of nitrogens with zero attached hydrogens (tertiary/aromatic N) is 3. The molecule has 0 aliphatic carbocycles. The Hall–Kier alpha value is -5.06. The normalized spacial score (nSPS) is 19.8. The van der Waals surface area contributed by atoms with Crippen molar-refractivity contribution in [3.8, 4) is 5.75 Å². The van der Waals surface area contributed by atoms with Crippen molar-refractivity contribution in [1.82, 2.24) is 0 Å². The fourth-order valence-electron chi connectivity index (χ4n) is 5.04. The molecule has 2 aliphatic heterocycles. The maximum atomic E-state index is 13.8. The maximum Gasteiger partial charge on any atom is 0.343 e. The second-order valence-corrected chi connectivity index (χ2v) is 9.85. The summed E-state index contributed by atoms with van der Waals surface area (Å²) in [7, 11) is 0. The minimum absolute atomic E-state index is 0.175. The zero-order valence-electron chi connectivity index (χ0n) is 21.1. The third kappa shape index (κ3) is 4.79. The van der Waals surface area contributed by atoms with Crippen LogP contribution in [-0.2, 0) is 14.4 Å². The lowest BCUT2D eigenvalue weighted by atomic mass is 9.90. The summed E-state index contributed by atoms with van der Waals surface area (Å²) in [5.41, 5.74) is 1.44. The molecule has 4 aromatic carbocycles. The van der Waals surface area contributed by atoms with E-state index < -0.39 is 40.8 Å². The lowest BCUT2D eigenvalue weighted by Gasteiger charge is -2.28. The van der Waals surface area contributed by atoms with Gasteiger partial charge in [0.1, 0.15) is 11.7 Å². The Labute approximate surface area is 238 Å². The first-order valence-electron chi connectivity index (χ1n) is 12.5. The van der Waals surface area contributed by atoms with Gasteiger partial charge in [-0.25, -0.2) is 14.8 Å². The van der Waals surface area contributed by atoms with Crippen LogP contribution in [0.2, 0.25) is 5.02 Å². The van der Waals surface area contributed by atoms with Crippen LogP contribution in [0.15, 0.2) is 103 Å². The number of rotatable bonds is 6. The van der Waals surface area contributed by atoms with Crippen molar-refractivity contribution in [2.24, 2.45) is 5.92 Å². The number of anilines is 2. The molecule has 0 radical (unpaired) electrons. The van der Waals surface area contributed by atoms with Gasteiger partial charge in [0.05, 0.1) is 27.9 Å². The molecule has 0 aromatic heterocycles. The number of nitro benzene ring substituents is 1. The summed E-state index contributed by atoms with van der Waals surface area (Å²) in [4.78, 5) is 57.8. The molecule has 2 aliphatic rings. The third-order valence-corrected chi connectivity index (χ3v) is 7.19. The van der Waals surface area contributed by atoms with Gasteiger partial charge in [0, 0.05) is 17.2 Å². The monoisotopic (exact) mass is 569 g/mol. The van der Waals surface area contributed by atoms with Gasteiger partial charge in [0.15, 0.2) is 6.10 Å². The highest BCUT2D eigenvalue weighted by Gasteiger charge is 2.60. The highest BCUT2D eigenvalue weighted by Crippen LogP contribution is 2.48. The number of nitro groups is 1. The quantitative estimate of drug-likeness (QED) is 0.0979. The molecule has 10 nitrogen and oxygen atoms in total. The Morgan fingerprint density at radius 1 is 0.854 bits per heavy atom. The Kier molecular flexibility index (Phi) is 6.70. The molecule has 6 rings (SSSR count). The van der Waals surface area contributed by atoms with Crippen molar-refractivity contribution >= 4 is 46.4 Å². The summed E-state index contributed by atoms with van der Waals surface area (Å²) in [5.74, 6) is -2.27. The SMILES string of the molecule is O=C(Oc1ccc([C@@H]2[C@@H]3C(=O)N(c4ccc(Cl)cc4)C(=O)[C@@H]3ON2c2cccc([N+](=O)[O-])c2)cc1)c1ccccc1. The van der Waals surface area contributed by atoms with Gasteiger partial charge in [-0.15, -0.1) is 0 Å². The number of hydroxylamine groups is 1. The number of esters is 1. The molecule has 2 heterocycles. The molecule has 0 N–H and O–H groups in total. The van der Waals surface area contributed by atoms with Gasteiger partial charge in [-0.05, 0) is 60.2 Å². The van der Waals surface area contributed by atoms with Gasteiger partial charge in [-0.3, -0.25) is 24.5 Å². The lowest BCUT2D eigenvalue weighted by Crippen LogP contribution is -2.37. The van der Waals surface area contributed by atoms with Crippen molar-refractivity contribution in [3.05, 3.63) is 129 Å². The highest BCUT2D eigenvalue weighted by atomic mass is 35.5. The van der Waals surface area contributed by atoms with E-state index in [-0.39, 0.29) is 11.4 Å². The van der Waals surface area contributed by atoms with Crippen LogP contribution in [0.5, 0.6) is 5.75 Å². The van der Waals surface area contributed by atoms with Crippen molar-refractivity contribution < 1.29 is 28.9 Å². The molecule has 0 unspecified atom stereocenters. The van der Waals surface area contributed by atoms with E-state index in [0.29, 0.717) is 27.5 Å². The number of hydrogen-bond acceptors (Lipinski definition) is 8. The summed E-state index contributed by atoms with van der Waals surface area (Å²) in [5, 5.41) is 13.3. The van der Waals surface area contributed by atoms with E-state index in [9.17, 15) is 24.5 Å². The number of carbonyl (C=O) groups is 3. The Morgan fingerprint density at radius 3 is 2.24 bits per heavy atom. The second-order valence-electron chi connectivity index (χ2n) is 9.41. The first-order chi connectivity index (χ1) is 19.8. The van der Waals surface area contributed by atoms with Crippen LogP contribution < -0.4 is 14.7 Å². The topological polar surface area (TPSA) is 119 Å². The van der Waals surface area contributed by atoms with E-state index in [2.05, 4.69) is 0 Å². The molecule has 4 aromatic rings. The van der Waals surface area contributed by atoms with Gasteiger partial charge in [0.2, 0.25) is 5.91 Å². The summed E-state index contributed by atoms with van der Waals surface area (Å²) >= 11 is 5.99. The van der Waals surface area contributed by atoms with Crippen LogP contribution in [0.3, 0.4) is 0 Å². The van der Waals surface area contributed by atoms with Crippen LogP contribution in [0, 0.1) is 16.0 Å². The Bertz CT molecular complexity index is 1660. The van der Waals surface area contributed by atoms with Crippen LogP contribution in [-0.4, -0.2) is 28.8 Å². The van der Waals surface area contributed by atoms with Crippen molar-refractivity contribution in [2.45, 2.75) is 12.1 Å². The van der Waals surface area contributed by atoms with Crippen molar-refractivity contribution in [3.63, 3.8) is 0 Å². The number of non-ortho nitro benzene ring substituents is 1. The van der Waals surface area contributed by atoms with Gasteiger partial charge in [-0.2, -0.15) is 0 Å². The second kappa shape index (κ2) is 10.5.